The highest BCUT2D eigenvalue weighted by Gasteiger charge is 2.18. The van der Waals surface area contributed by atoms with Crippen LogP contribution in [-0.2, 0) is 4.74 Å². The molecule has 0 bridgehead atoms. The fraction of sp³-hybridized carbons (Fsp3) is 0.500. The number of nitro groups is 1. The highest BCUT2D eigenvalue weighted by molar-refractivity contribution is 5.95. The van der Waals surface area contributed by atoms with Gasteiger partial charge in [-0.1, -0.05) is 0 Å². The van der Waals surface area contributed by atoms with Crippen molar-refractivity contribution in [2.45, 2.75) is 25.4 Å². The molecule has 21 heavy (non-hydrogen) atoms. The smallest absolute Gasteiger partial charge is 0.293 e. The van der Waals surface area contributed by atoms with E-state index < -0.39 is 4.92 Å². The Labute approximate surface area is 122 Å². The molecule has 0 aromatic heterocycles. The number of benzene rings is 1. The van der Waals surface area contributed by atoms with Crippen LogP contribution in [0.25, 0.3) is 0 Å². The van der Waals surface area contributed by atoms with Crippen LogP contribution in [0.1, 0.15) is 29.6 Å². The van der Waals surface area contributed by atoms with Gasteiger partial charge < -0.3 is 15.4 Å². The van der Waals surface area contributed by atoms with Crippen molar-refractivity contribution in [1.29, 1.82) is 0 Å². The number of carbonyl (C=O) groups excluding carboxylic acids is 1. The van der Waals surface area contributed by atoms with Gasteiger partial charge in [0.1, 0.15) is 5.69 Å². The zero-order chi connectivity index (χ0) is 15.2. The summed E-state index contributed by atoms with van der Waals surface area (Å²) in [6.07, 6.45) is 3.17. The fourth-order valence-electron chi connectivity index (χ4n) is 2.36. The molecule has 2 N–H and O–H groups in total. The highest BCUT2D eigenvalue weighted by atomic mass is 16.6. The van der Waals surface area contributed by atoms with Crippen molar-refractivity contribution in [3.63, 3.8) is 0 Å². The van der Waals surface area contributed by atoms with Crippen LogP contribution >= 0.6 is 0 Å². The first kappa shape index (κ1) is 15.2. The van der Waals surface area contributed by atoms with Crippen molar-refractivity contribution in [3.8, 4) is 0 Å². The van der Waals surface area contributed by atoms with E-state index in [0.29, 0.717) is 12.2 Å². The zero-order valence-electron chi connectivity index (χ0n) is 11.9. The maximum absolute atomic E-state index is 11.5. The molecule has 1 aliphatic heterocycles. The molecule has 0 spiro atoms. The first-order valence-corrected chi connectivity index (χ1v) is 6.98. The highest BCUT2D eigenvalue weighted by Crippen LogP contribution is 2.26. The maximum Gasteiger partial charge on any atom is 0.293 e. The summed E-state index contributed by atoms with van der Waals surface area (Å²) in [7, 11) is 1.49. The number of nitro benzene ring substituents is 1. The Morgan fingerprint density at radius 2 is 2.33 bits per heavy atom. The molecule has 0 aliphatic carbocycles. The Hall–Kier alpha value is -2.15. The lowest BCUT2D eigenvalue weighted by Gasteiger charge is -2.11. The normalized spacial score (nSPS) is 17.5. The van der Waals surface area contributed by atoms with Gasteiger partial charge in [-0.15, -0.1) is 0 Å². The molecule has 1 aromatic rings. The van der Waals surface area contributed by atoms with E-state index in [1.165, 1.54) is 13.1 Å². The SMILES string of the molecule is CNC(=O)c1ccc(NCCC2CCCO2)c([N+](=O)[O-])c1. The van der Waals surface area contributed by atoms with Crippen LogP contribution in [0.2, 0.25) is 0 Å². The second-order valence-corrected chi connectivity index (χ2v) is 4.92. The van der Waals surface area contributed by atoms with Gasteiger partial charge in [-0.3, -0.25) is 14.9 Å². The van der Waals surface area contributed by atoms with E-state index >= 15 is 0 Å². The summed E-state index contributed by atoms with van der Waals surface area (Å²) in [4.78, 5) is 22.1. The number of hydrogen-bond donors (Lipinski definition) is 2. The van der Waals surface area contributed by atoms with Gasteiger partial charge in [0.25, 0.3) is 11.6 Å². The van der Waals surface area contributed by atoms with Crippen LogP contribution in [0.4, 0.5) is 11.4 Å². The van der Waals surface area contributed by atoms with Gasteiger partial charge in [0.05, 0.1) is 11.0 Å². The largest absolute Gasteiger partial charge is 0.379 e. The topological polar surface area (TPSA) is 93.5 Å². The van der Waals surface area contributed by atoms with Gasteiger partial charge in [0.15, 0.2) is 0 Å². The van der Waals surface area contributed by atoms with Gasteiger partial charge in [-0.2, -0.15) is 0 Å². The number of anilines is 1. The second kappa shape index (κ2) is 7.03. The molecule has 1 amide bonds. The number of carbonyl (C=O) groups is 1. The number of hydrogen-bond acceptors (Lipinski definition) is 5. The summed E-state index contributed by atoms with van der Waals surface area (Å²) in [5, 5.41) is 16.6. The van der Waals surface area contributed by atoms with E-state index in [9.17, 15) is 14.9 Å². The lowest BCUT2D eigenvalue weighted by Crippen LogP contribution is -2.18. The van der Waals surface area contributed by atoms with Crippen molar-refractivity contribution < 1.29 is 14.5 Å². The molecular formula is C14H19N3O4. The molecule has 1 heterocycles. The third-order valence-electron chi connectivity index (χ3n) is 3.49. The van der Waals surface area contributed by atoms with E-state index in [1.807, 2.05) is 0 Å². The van der Waals surface area contributed by atoms with Gasteiger partial charge >= 0.3 is 0 Å². The molecule has 2 rings (SSSR count). The number of nitrogens with zero attached hydrogens (tertiary/aromatic N) is 1. The summed E-state index contributed by atoms with van der Waals surface area (Å²) in [5.41, 5.74) is 0.600. The number of rotatable bonds is 6. The molecule has 1 saturated heterocycles. The molecule has 1 aromatic carbocycles. The van der Waals surface area contributed by atoms with Gasteiger partial charge in [-0.05, 0) is 31.4 Å². The molecule has 1 unspecified atom stereocenters. The van der Waals surface area contributed by atoms with Gasteiger partial charge in [0, 0.05) is 31.8 Å². The van der Waals surface area contributed by atoms with Crippen molar-refractivity contribution >= 4 is 17.3 Å². The molecule has 0 saturated carbocycles. The Bertz CT molecular complexity index is 527. The van der Waals surface area contributed by atoms with Crippen LogP contribution in [0.5, 0.6) is 0 Å². The van der Waals surface area contributed by atoms with Crippen LogP contribution in [-0.4, -0.2) is 37.1 Å². The minimum Gasteiger partial charge on any atom is -0.379 e. The van der Waals surface area contributed by atoms with Crippen molar-refractivity contribution in [2.75, 3.05) is 25.5 Å². The average molecular weight is 293 g/mol. The lowest BCUT2D eigenvalue weighted by atomic mass is 10.1. The van der Waals surface area contributed by atoms with E-state index in [-0.39, 0.29) is 23.3 Å². The summed E-state index contributed by atoms with van der Waals surface area (Å²) in [5.74, 6) is -0.344. The molecule has 1 aliphatic rings. The van der Waals surface area contributed by atoms with Gasteiger partial charge in [-0.25, -0.2) is 0 Å². The minimum atomic E-state index is -0.485. The quantitative estimate of drug-likeness (QED) is 0.617. The number of ether oxygens (including phenoxy) is 1. The monoisotopic (exact) mass is 293 g/mol. The first-order chi connectivity index (χ1) is 10.1. The van der Waals surface area contributed by atoms with Crippen LogP contribution in [0, 0.1) is 10.1 Å². The van der Waals surface area contributed by atoms with Crippen molar-refractivity contribution in [1.82, 2.24) is 5.32 Å². The van der Waals surface area contributed by atoms with E-state index in [4.69, 9.17) is 4.74 Å². The predicted molar refractivity (Wildman–Crippen MR) is 78.6 cm³/mol. The van der Waals surface area contributed by atoms with Gasteiger partial charge in [0.2, 0.25) is 0 Å². The zero-order valence-corrected chi connectivity index (χ0v) is 11.9. The molecule has 0 radical (unpaired) electrons. The Morgan fingerprint density at radius 1 is 1.52 bits per heavy atom. The average Bonchev–Trinajstić information content (AvgIpc) is 2.99. The predicted octanol–water partition coefficient (Wildman–Crippen LogP) is 1.94. The second-order valence-electron chi connectivity index (χ2n) is 4.92. The number of nitrogens with one attached hydrogen (secondary N) is 2. The molecule has 1 atom stereocenters. The summed E-state index contributed by atoms with van der Waals surface area (Å²) < 4.78 is 5.51. The lowest BCUT2D eigenvalue weighted by molar-refractivity contribution is -0.384. The Morgan fingerprint density at radius 3 is 2.95 bits per heavy atom. The third kappa shape index (κ3) is 3.91. The first-order valence-electron chi connectivity index (χ1n) is 6.98. The van der Waals surface area contributed by atoms with Crippen LogP contribution in [0.15, 0.2) is 18.2 Å². The molecule has 114 valence electrons. The molecule has 7 nitrogen and oxygen atoms in total. The van der Waals surface area contributed by atoms with Crippen LogP contribution in [0.3, 0.4) is 0 Å². The number of amides is 1. The van der Waals surface area contributed by atoms with E-state index in [2.05, 4.69) is 10.6 Å². The minimum absolute atomic E-state index is 0.0940. The molecular weight excluding hydrogens is 274 g/mol. The third-order valence-corrected chi connectivity index (χ3v) is 3.49. The van der Waals surface area contributed by atoms with E-state index in [1.54, 1.807) is 12.1 Å². The maximum atomic E-state index is 11.5. The molecule has 1 fully saturated rings. The molecule has 7 heteroatoms. The Balaban J connectivity index is 2.03. The summed E-state index contributed by atoms with van der Waals surface area (Å²) >= 11 is 0. The van der Waals surface area contributed by atoms with Crippen LogP contribution < -0.4 is 10.6 Å². The standard InChI is InChI=1S/C14H19N3O4/c1-15-14(18)10-4-5-12(13(9-10)17(19)20)16-7-6-11-3-2-8-21-11/h4-5,9,11,16H,2-3,6-8H2,1H3,(H,15,18). The van der Waals surface area contributed by atoms with Crippen molar-refractivity contribution in [3.05, 3.63) is 33.9 Å². The van der Waals surface area contributed by atoms with E-state index in [0.717, 1.165) is 25.9 Å². The summed E-state index contributed by atoms with van der Waals surface area (Å²) in [6, 6.07) is 4.42. The van der Waals surface area contributed by atoms with Crippen molar-refractivity contribution in [2.24, 2.45) is 0 Å². The summed E-state index contributed by atoms with van der Waals surface area (Å²) in [6.45, 7) is 1.40. The fourth-order valence-corrected chi connectivity index (χ4v) is 2.36. The Kier molecular flexibility index (Phi) is 5.10.